The first-order valence-electron chi connectivity index (χ1n) is 6.37. The second-order valence-corrected chi connectivity index (χ2v) is 5.11. The summed E-state index contributed by atoms with van der Waals surface area (Å²) < 4.78 is 51.0. The van der Waals surface area contributed by atoms with Gasteiger partial charge in [0.15, 0.2) is 0 Å². The summed E-state index contributed by atoms with van der Waals surface area (Å²) in [5.74, 6) is -0.260. The van der Waals surface area contributed by atoms with Crippen LogP contribution in [0.1, 0.15) is 22.6 Å². The summed E-state index contributed by atoms with van der Waals surface area (Å²) in [6.07, 6.45) is -3.98. The average molecular weight is 317 g/mol. The Morgan fingerprint density at radius 3 is 2.24 bits per heavy atom. The first kappa shape index (κ1) is 15.8. The van der Waals surface area contributed by atoms with E-state index >= 15 is 0 Å². The van der Waals surface area contributed by atoms with Gasteiger partial charge in [-0.3, -0.25) is 0 Å². The van der Waals surface area contributed by atoms with Gasteiger partial charge in [0, 0.05) is 11.8 Å². The van der Waals surface area contributed by atoms with Crippen LogP contribution in [0.15, 0.2) is 48.5 Å². The van der Waals surface area contributed by atoms with E-state index in [0.717, 1.165) is 17.7 Å². The van der Waals surface area contributed by atoms with Crippen molar-refractivity contribution in [3.05, 3.63) is 71.0 Å². The Morgan fingerprint density at radius 1 is 1.00 bits per heavy atom. The number of benzene rings is 2. The maximum atomic E-state index is 12.9. The molecule has 0 aromatic heterocycles. The minimum atomic E-state index is -4.36. The van der Waals surface area contributed by atoms with Crippen LogP contribution >= 0.6 is 11.6 Å². The Kier molecular flexibility index (Phi) is 4.88. The van der Waals surface area contributed by atoms with Gasteiger partial charge in [-0.2, -0.15) is 13.2 Å². The molecule has 0 radical (unpaired) electrons. The largest absolute Gasteiger partial charge is 0.416 e. The standard InChI is InChI=1S/C16H13ClF4/c17-10-13(12-4-6-15(18)7-5-12)8-11-2-1-3-14(9-11)16(19,20)21/h1-7,9,13H,8,10H2. The van der Waals surface area contributed by atoms with Gasteiger partial charge in [-0.15, -0.1) is 11.6 Å². The Morgan fingerprint density at radius 2 is 1.67 bits per heavy atom. The molecular formula is C16H13ClF4. The Balaban J connectivity index is 2.21. The molecule has 2 rings (SSSR count). The highest BCUT2D eigenvalue weighted by Crippen LogP contribution is 2.31. The lowest BCUT2D eigenvalue weighted by molar-refractivity contribution is -0.137. The van der Waals surface area contributed by atoms with Crippen molar-refractivity contribution in [2.24, 2.45) is 0 Å². The van der Waals surface area contributed by atoms with Gasteiger partial charge in [0.25, 0.3) is 0 Å². The molecule has 1 unspecified atom stereocenters. The van der Waals surface area contributed by atoms with Gasteiger partial charge < -0.3 is 0 Å². The van der Waals surface area contributed by atoms with Gasteiger partial charge in [0.2, 0.25) is 0 Å². The zero-order valence-electron chi connectivity index (χ0n) is 11.0. The molecule has 112 valence electrons. The lowest BCUT2D eigenvalue weighted by atomic mass is 9.93. The van der Waals surface area contributed by atoms with Crippen molar-refractivity contribution in [2.45, 2.75) is 18.5 Å². The van der Waals surface area contributed by atoms with Gasteiger partial charge in [0.05, 0.1) is 5.56 Å². The van der Waals surface area contributed by atoms with Crippen LogP contribution < -0.4 is 0 Å². The van der Waals surface area contributed by atoms with Crippen molar-refractivity contribution < 1.29 is 17.6 Å². The van der Waals surface area contributed by atoms with Crippen LogP contribution in [0.4, 0.5) is 17.6 Å². The van der Waals surface area contributed by atoms with E-state index in [9.17, 15) is 17.6 Å². The van der Waals surface area contributed by atoms with Gasteiger partial charge in [-0.25, -0.2) is 4.39 Å². The van der Waals surface area contributed by atoms with Crippen LogP contribution in [0.25, 0.3) is 0 Å². The summed E-state index contributed by atoms with van der Waals surface area (Å²) in [7, 11) is 0. The molecule has 5 heteroatoms. The highest BCUT2D eigenvalue weighted by molar-refractivity contribution is 6.18. The zero-order chi connectivity index (χ0) is 15.5. The van der Waals surface area contributed by atoms with Crippen molar-refractivity contribution in [1.82, 2.24) is 0 Å². The maximum absolute atomic E-state index is 12.9. The fraction of sp³-hybridized carbons (Fsp3) is 0.250. The second-order valence-electron chi connectivity index (χ2n) is 4.81. The molecule has 0 N–H and O–H groups in total. The van der Waals surface area contributed by atoms with E-state index in [1.807, 2.05) is 0 Å². The fourth-order valence-electron chi connectivity index (χ4n) is 2.16. The first-order valence-corrected chi connectivity index (χ1v) is 6.91. The molecule has 0 aliphatic rings. The van der Waals surface area contributed by atoms with E-state index in [4.69, 9.17) is 11.6 Å². The molecule has 1 atom stereocenters. The second kappa shape index (κ2) is 6.48. The number of hydrogen-bond acceptors (Lipinski definition) is 0. The Bertz CT molecular complexity index is 590. The summed E-state index contributed by atoms with van der Waals surface area (Å²) in [5, 5.41) is 0. The molecule has 0 fully saturated rings. The van der Waals surface area contributed by atoms with Gasteiger partial charge in [-0.05, 0) is 35.7 Å². The predicted octanol–water partition coefficient (Wildman–Crippen LogP) is 5.41. The molecule has 0 bridgehead atoms. The Labute approximate surface area is 125 Å². The zero-order valence-corrected chi connectivity index (χ0v) is 11.8. The third-order valence-corrected chi connectivity index (χ3v) is 3.64. The monoisotopic (exact) mass is 316 g/mol. The molecule has 0 heterocycles. The van der Waals surface area contributed by atoms with Gasteiger partial charge in [0.1, 0.15) is 5.82 Å². The lowest BCUT2D eigenvalue weighted by Crippen LogP contribution is -2.08. The lowest BCUT2D eigenvalue weighted by Gasteiger charge is -2.15. The van der Waals surface area contributed by atoms with Gasteiger partial charge >= 0.3 is 6.18 Å². The molecule has 0 amide bonds. The van der Waals surface area contributed by atoms with E-state index in [0.29, 0.717) is 12.0 Å². The van der Waals surface area contributed by atoms with Crippen molar-refractivity contribution in [3.63, 3.8) is 0 Å². The summed E-state index contributed by atoms with van der Waals surface area (Å²) in [5.41, 5.74) is 0.691. The van der Waals surface area contributed by atoms with Crippen LogP contribution in [0.3, 0.4) is 0 Å². The molecule has 21 heavy (non-hydrogen) atoms. The number of hydrogen-bond donors (Lipinski definition) is 0. The number of rotatable bonds is 4. The van der Waals surface area contributed by atoms with Crippen LogP contribution in [0, 0.1) is 5.82 Å². The minimum Gasteiger partial charge on any atom is -0.207 e. The molecule has 0 aliphatic carbocycles. The van der Waals surface area contributed by atoms with Crippen LogP contribution in [-0.4, -0.2) is 5.88 Å². The van der Waals surface area contributed by atoms with Crippen molar-refractivity contribution in [3.8, 4) is 0 Å². The minimum absolute atomic E-state index is 0.157. The van der Waals surface area contributed by atoms with Crippen LogP contribution in [0.2, 0.25) is 0 Å². The van der Waals surface area contributed by atoms with E-state index in [2.05, 4.69) is 0 Å². The third-order valence-electron chi connectivity index (χ3n) is 3.26. The van der Waals surface area contributed by atoms with Crippen LogP contribution in [-0.2, 0) is 12.6 Å². The van der Waals surface area contributed by atoms with Crippen molar-refractivity contribution in [2.75, 3.05) is 5.88 Å². The molecule has 0 nitrogen and oxygen atoms in total. The molecule has 2 aromatic rings. The Hall–Kier alpha value is -1.55. The smallest absolute Gasteiger partial charge is 0.207 e. The number of alkyl halides is 4. The first-order chi connectivity index (χ1) is 9.90. The molecule has 0 spiro atoms. The van der Waals surface area contributed by atoms with E-state index < -0.39 is 11.7 Å². The summed E-state index contributed by atoms with van der Waals surface area (Å²) in [6.45, 7) is 0. The van der Waals surface area contributed by atoms with Crippen LogP contribution in [0.5, 0.6) is 0 Å². The quantitative estimate of drug-likeness (QED) is 0.522. The molecule has 0 saturated carbocycles. The molecule has 2 aromatic carbocycles. The normalized spacial score (nSPS) is 13.2. The maximum Gasteiger partial charge on any atom is 0.416 e. The van der Waals surface area contributed by atoms with Gasteiger partial charge in [-0.1, -0.05) is 30.3 Å². The third kappa shape index (κ3) is 4.21. The molecule has 0 saturated heterocycles. The number of halogens is 5. The highest BCUT2D eigenvalue weighted by Gasteiger charge is 2.30. The fourth-order valence-corrected chi connectivity index (χ4v) is 2.44. The summed E-state index contributed by atoms with van der Waals surface area (Å²) >= 11 is 5.91. The van der Waals surface area contributed by atoms with Crippen molar-refractivity contribution in [1.29, 1.82) is 0 Å². The molecular weight excluding hydrogens is 304 g/mol. The molecule has 0 aliphatic heterocycles. The summed E-state index contributed by atoms with van der Waals surface area (Å²) in [4.78, 5) is 0. The van der Waals surface area contributed by atoms with E-state index in [-0.39, 0.29) is 17.6 Å². The van der Waals surface area contributed by atoms with Crippen molar-refractivity contribution >= 4 is 11.6 Å². The van der Waals surface area contributed by atoms with E-state index in [1.165, 1.54) is 18.2 Å². The SMILES string of the molecule is Fc1ccc(C(CCl)Cc2cccc(C(F)(F)F)c2)cc1. The van der Waals surface area contributed by atoms with E-state index in [1.54, 1.807) is 18.2 Å². The summed E-state index contributed by atoms with van der Waals surface area (Å²) in [6, 6.07) is 11.0. The predicted molar refractivity (Wildman–Crippen MR) is 75.0 cm³/mol. The highest BCUT2D eigenvalue weighted by atomic mass is 35.5. The average Bonchev–Trinajstić information content (AvgIpc) is 2.45. The topological polar surface area (TPSA) is 0 Å².